The molecule has 2 aromatic carbocycles. The molecule has 1 atom stereocenters. The van der Waals surface area contributed by atoms with Crippen LogP contribution < -0.4 is 11.1 Å². The molecule has 8 heteroatoms. The molecule has 1 aromatic heterocycles. The first-order valence-corrected chi connectivity index (χ1v) is 10.2. The third-order valence-corrected chi connectivity index (χ3v) is 5.43. The number of anilines is 1. The summed E-state index contributed by atoms with van der Waals surface area (Å²) in [7, 11) is 0. The first kappa shape index (κ1) is 25.2. The number of nitrogens with two attached hydrogens (primary N) is 1. The van der Waals surface area contributed by atoms with Crippen molar-refractivity contribution in [3.05, 3.63) is 66.4 Å². The summed E-state index contributed by atoms with van der Waals surface area (Å²) in [6.45, 7) is 5.60. The van der Waals surface area contributed by atoms with Crippen LogP contribution in [0.4, 0.5) is 5.69 Å². The van der Waals surface area contributed by atoms with E-state index in [4.69, 9.17) is 10.5 Å². The average molecular weight is 465 g/mol. The van der Waals surface area contributed by atoms with Crippen LogP contribution in [0, 0.1) is 0 Å². The van der Waals surface area contributed by atoms with Gasteiger partial charge in [-0.25, -0.2) is 0 Å². The molecule has 0 radical (unpaired) electrons. The second-order valence-electron chi connectivity index (χ2n) is 7.52. The maximum atomic E-state index is 12.5. The Morgan fingerprint density at radius 3 is 2.52 bits per heavy atom. The number of hydrogen-bond donors (Lipinski definition) is 2. The molecular weight excluding hydrogens is 435 g/mol. The number of nitrogens with zero attached hydrogens (tertiary/aromatic N) is 2. The van der Waals surface area contributed by atoms with Crippen molar-refractivity contribution < 1.29 is 9.53 Å². The average Bonchev–Trinajstić information content (AvgIpc) is 3.16. The molecule has 3 aromatic rings. The number of benzene rings is 2. The molecule has 31 heavy (non-hydrogen) atoms. The molecule has 0 bridgehead atoms. The van der Waals surface area contributed by atoms with Crippen LogP contribution in [-0.4, -0.2) is 54.3 Å². The lowest BCUT2D eigenvalue weighted by Crippen LogP contribution is -2.38. The van der Waals surface area contributed by atoms with Gasteiger partial charge < -0.3 is 20.4 Å². The predicted molar refractivity (Wildman–Crippen MR) is 130 cm³/mol. The van der Waals surface area contributed by atoms with Crippen LogP contribution in [0.3, 0.4) is 0 Å². The SMILES string of the molecule is Cl.Cl.NC(Cc1ccccc1)C(=O)Nc1ccc2c(ccn2CCN2CCOCC2)c1. The fraction of sp³-hybridized carbons (Fsp3) is 0.348. The van der Waals surface area contributed by atoms with Crippen LogP contribution in [-0.2, 0) is 22.5 Å². The quantitative estimate of drug-likeness (QED) is 0.562. The number of carbonyl (C=O) groups is 1. The minimum absolute atomic E-state index is 0. The number of amides is 1. The van der Waals surface area contributed by atoms with E-state index in [1.807, 2.05) is 42.5 Å². The lowest BCUT2D eigenvalue weighted by atomic mass is 10.1. The fourth-order valence-corrected chi connectivity index (χ4v) is 3.74. The van der Waals surface area contributed by atoms with Crippen LogP contribution in [0.5, 0.6) is 0 Å². The highest BCUT2D eigenvalue weighted by molar-refractivity contribution is 5.97. The van der Waals surface area contributed by atoms with Crippen LogP contribution in [0.25, 0.3) is 10.9 Å². The van der Waals surface area contributed by atoms with E-state index in [1.165, 1.54) is 5.52 Å². The summed E-state index contributed by atoms with van der Waals surface area (Å²) in [6.07, 6.45) is 2.63. The molecule has 0 aliphatic carbocycles. The Morgan fingerprint density at radius 2 is 1.77 bits per heavy atom. The first-order valence-electron chi connectivity index (χ1n) is 10.2. The summed E-state index contributed by atoms with van der Waals surface area (Å²) in [4.78, 5) is 14.9. The second-order valence-corrected chi connectivity index (χ2v) is 7.52. The third kappa shape index (κ3) is 6.69. The van der Waals surface area contributed by atoms with E-state index in [0.29, 0.717) is 6.42 Å². The minimum Gasteiger partial charge on any atom is -0.379 e. The van der Waals surface area contributed by atoms with Gasteiger partial charge in [-0.3, -0.25) is 9.69 Å². The van der Waals surface area contributed by atoms with Gasteiger partial charge in [0, 0.05) is 49.0 Å². The van der Waals surface area contributed by atoms with Gasteiger partial charge in [0.15, 0.2) is 0 Å². The summed E-state index contributed by atoms with van der Waals surface area (Å²) >= 11 is 0. The Morgan fingerprint density at radius 1 is 1.03 bits per heavy atom. The Hall–Kier alpha value is -2.09. The molecule has 1 unspecified atom stereocenters. The second kappa shape index (κ2) is 12.1. The Balaban J connectivity index is 0.00000171. The molecule has 1 fully saturated rings. The molecule has 168 valence electrons. The maximum Gasteiger partial charge on any atom is 0.241 e. The van der Waals surface area contributed by atoms with Crippen molar-refractivity contribution in [1.29, 1.82) is 0 Å². The van der Waals surface area contributed by atoms with Crippen molar-refractivity contribution in [2.24, 2.45) is 5.73 Å². The number of rotatable bonds is 7. The molecule has 1 amide bonds. The zero-order chi connectivity index (χ0) is 20.1. The molecule has 4 rings (SSSR count). The normalized spacial score (nSPS) is 15.0. The lowest BCUT2D eigenvalue weighted by molar-refractivity contribution is -0.117. The number of ether oxygens (including phenoxy) is 1. The van der Waals surface area contributed by atoms with Gasteiger partial charge in [-0.05, 0) is 36.2 Å². The number of hydrogen-bond acceptors (Lipinski definition) is 4. The molecule has 1 aliphatic heterocycles. The Kier molecular flexibility index (Phi) is 9.81. The molecule has 3 N–H and O–H groups in total. The predicted octanol–water partition coefficient (Wildman–Crippen LogP) is 3.33. The van der Waals surface area contributed by atoms with Gasteiger partial charge in [0.05, 0.1) is 19.3 Å². The molecule has 0 spiro atoms. The Bertz CT molecular complexity index is 959. The van der Waals surface area contributed by atoms with E-state index in [-0.39, 0.29) is 30.7 Å². The minimum atomic E-state index is -0.578. The molecular formula is C23H30Cl2N4O2. The summed E-state index contributed by atoms with van der Waals surface area (Å²) < 4.78 is 7.67. The number of halogens is 2. The van der Waals surface area contributed by atoms with Crippen LogP contribution >= 0.6 is 24.8 Å². The molecule has 6 nitrogen and oxygen atoms in total. The highest BCUT2D eigenvalue weighted by atomic mass is 35.5. The smallest absolute Gasteiger partial charge is 0.241 e. The lowest BCUT2D eigenvalue weighted by Gasteiger charge is -2.26. The van der Waals surface area contributed by atoms with E-state index in [9.17, 15) is 4.79 Å². The number of aromatic nitrogens is 1. The van der Waals surface area contributed by atoms with Crippen LogP contribution in [0.1, 0.15) is 5.56 Å². The van der Waals surface area contributed by atoms with Crippen molar-refractivity contribution >= 4 is 47.3 Å². The highest BCUT2D eigenvalue weighted by Crippen LogP contribution is 2.21. The molecule has 0 saturated carbocycles. The summed E-state index contributed by atoms with van der Waals surface area (Å²) in [6, 6.07) is 17.4. The fourth-order valence-electron chi connectivity index (χ4n) is 3.74. The van der Waals surface area contributed by atoms with Gasteiger partial charge in [0.25, 0.3) is 0 Å². The van der Waals surface area contributed by atoms with E-state index in [2.05, 4.69) is 33.1 Å². The first-order chi connectivity index (χ1) is 14.2. The van der Waals surface area contributed by atoms with Gasteiger partial charge in [-0.15, -0.1) is 24.8 Å². The van der Waals surface area contributed by atoms with Crippen molar-refractivity contribution in [2.75, 3.05) is 38.2 Å². The summed E-state index contributed by atoms with van der Waals surface area (Å²) in [5.74, 6) is -0.167. The van der Waals surface area contributed by atoms with Crippen LogP contribution in [0.15, 0.2) is 60.8 Å². The number of nitrogens with one attached hydrogen (secondary N) is 1. The number of morpholine rings is 1. The van der Waals surface area contributed by atoms with Crippen molar-refractivity contribution in [3.63, 3.8) is 0 Å². The van der Waals surface area contributed by atoms with Gasteiger partial charge in [0.2, 0.25) is 5.91 Å². The van der Waals surface area contributed by atoms with Gasteiger partial charge >= 0.3 is 0 Å². The largest absolute Gasteiger partial charge is 0.379 e. The third-order valence-electron chi connectivity index (χ3n) is 5.43. The summed E-state index contributed by atoms with van der Waals surface area (Å²) in [5.41, 5.74) is 9.10. The van der Waals surface area contributed by atoms with Crippen LogP contribution in [0.2, 0.25) is 0 Å². The number of fused-ring (bicyclic) bond motifs is 1. The van der Waals surface area contributed by atoms with E-state index >= 15 is 0 Å². The zero-order valence-electron chi connectivity index (χ0n) is 17.4. The van der Waals surface area contributed by atoms with Gasteiger partial charge in [-0.2, -0.15) is 0 Å². The van der Waals surface area contributed by atoms with Crippen molar-refractivity contribution in [1.82, 2.24) is 9.47 Å². The Labute approximate surface area is 195 Å². The standard InChI is InChI=1S/C23H28N4O2.2ClH/c24-21(16-18-4-2-1-3-5-18)23(28)25-20-6-7-22-19(17-20)8-9-27(22)11-10-26-12-14-29-15-13-26;;/h1-9,17,21H,10-16,24H2,(H,25,28);2*1H. The highest BCUT2D eigenvalue weighted by Gasteiger charge is 2.15. The van der Waals surface area contributed by atoms with Gasteiger partial charge in [-0.1, -0.05) is 30.3 Å². The monoisotopic (exact) mass is 464 g/mol. The zero-order valence-corrected chi connectivity index (χ0v) is 19.0. The molecule has 2 heterocycles. The topological polar surface area (TPSA) is 72.5 Å². The van der Waals surface area contributed by atoms with Crippen molar-refractivity contribution in [3.8, 4) is 0 Å². The van der Waals surface area contributed by atoms with E-state index in [1.54, 1.807) is 0 Å². The molecule has 1 aliphatic rings. The molecule has 1 saturated heterocycles. The van der Waals surface area contributed by atoms with E-state index < -0.39 is 6.04 Å². The van der Waals surface area contributed by atoms with Crippen molar-refractivity contribution in [2.45, 2.75) is 19.0 Å². The summed E-state index contributed by atoms with van der Waals surface area (Å²) in [5, 5.41) is 4.06. The van der Waals surface area contributed by atoms with Gasteiger partial charge in [0.1, 0.15) is 0 Å². The number of carbonyl (C=O) groups excluding carboxylic acids is 1. The van der Waals surface area contributed by atoms with E-state index in [0.717, 1.165) is 56.0 Å². The maximum absolute atomic E-state index is 12.5.